The van der Waals surface area contributed by atoms with Gasteiger partial charge in [0, 0.05) is 43.7 Å². The van der Waals surface area contributed by atoms with E-state index in [1.165, 1.54) is 12.1 Å². The largest absolute Gasteiger partial charge is 0.481 e. The zero-order valence-electron chi connectivity index (χ0n) is 17.1. The maximum Gasteiger partial charge on any atom is 0.263 e. The van der Waals surface area contributed by atoms with Crippen molar-refractivity contribution in [3.05, 3.63) is 66.6 Å². The number of ether oxygens (including phenoxy) is 1. The smallest absolute Gasteiger partial charge is 0.263 e. The highest BCUT2D eigenvalue weighted by Gasteiger charge is 2.28. The number of amides is 1. The van der Waals surface area contributed by atoms with E-state index in [9.17, 15) is 9.18 Å². The number of carbonyl (C=O) groups excluding carboxylic acids is 1. The van der Waals surface area contributed by atoms with Gasteiger partial charge in [0.1, 0.15) is 11.6 Å². The van der Waals surface area contributed by atoms with Crippen molar-refractivity contribution in [1.82, 2.24) is 24.8 Å². The summed E-state index contributed by atoms with van der Waals surface area (Å²) >= 11 is 0. The molecule has 1 amide bonds. The fourth-order valence-corrected chi connectivity index (χ4v) is 3.56. The van der Waals surface area contributed by atoms with Crippen LogP contribution < -0.4 is 10.1 Å². The lowest BCUT2D eigenvalue weighted by Gasteiger charge is -2.33. The van der Waals surface area contributed by atoms with Gasteiger partial charge in [0.15, 0.2) is 11.9 Å². The maximum atomic E-state index is 13.3. The first-order chi connectivity index (χ1) is 15.1. The number of halogens is 1. The molecule has 1 unspecified atom stereocenters. The molecule has 9 heteroatoms. The van der Waals surface area contributed by atoms with Crippen LogP contribution in [-0.2, 0) is 4.79 Å². The number of likely N-dealkylation sites (tertiary alicyclic amines) is 1. The Balaban J connectivity index is 1.33. The molecule has 31 heavy (non-hydrogen) atoms. The third-order valence-corrected chi connectivity index (χ3v) is 5.14. The van der Waals surface area contributed by atoms with Crippen molar-refractivity contribution in [2.75, 3.05) is 18.4 Å². The first-order valence-electron chi connectivity index (χ1n) is 10.2. The predicted octanol–water partition coefficient (Wildman–Crippen LogP) is 3.32. The molecule has 0 spiro atoms. The first-order valence-corrected chi connectivity index (χ1v) is 10.2. The van der Waals surface area contributed by atoms with Crippen LogP contribution in [0, 0.1) is 5.82 Å². The second-order valence-corrected chi connectivity index (χ2v) is 7.34. The Labute approximate surface area is 179 Å². The Bertz CT molecular complexity index is 1030. The molecule has 0 saturated carbocycles. The van der Waals surface area contributed by atoms with E-state index in [0.29, 0.717) is 30.6 Å². The summed E-state index contributed by atoms with van der Waals surface area (Å²) in [6.45, 7) is 2.88. The Kier molecular flexibility index (Phi) is 6.30. The molecule has 8 nitrogen and oxygen atoms in total. The molecular formula is C22H23FN6O2. The van der Waals surface area contributed by atoms with Gasteiger partial charge in [-0.1, -0.05) is 6.07 Å². The Morgan fingerprint density at radius 3 is 2.71 bits per heavy atom. The van der Waals surface area contributed by atoms with Crippen LogP contribution in [0.15, 0.2) is 55.1 Å². The van der Waals surface area contributed by atoms with Gasteiger partial charge in [-0.3, -0.25) is 9.78 Å². The highest BCUT2D eigenvalue weighted by Crippen LogP contribution is 2.28. The quantitative estimate of drug-likeness (QED) is 0.651. The van der Waals surface area contributed by atoms with E-state index in [2.05, 4.69) is 25.3 Å². The topological polar surface area (TPSA) is 93.1 Å². The van der Waals surface area contributed by atoms with Crippen molar-refractivity contribution in [3.63, 3.8) is 0 Å². The van der Waals surface area contributed by atoms with Crippen LogP contribution in [0.5, 0.6) is 5.75 Å². The minimum Gasteiger partial charge on any atom is -0.481 e. The zero-order valence-corrected chi connectivity index (χ0v) is 17.1. The van der Waals surface area contributed by atoms with E-state index in [1.54, 1.807) is 54.8 Å². The van der Waals surface area contributed by atoms with Gasteiger partial charge < -0.3 is 15.0 Å². The average Bonchev–Trinajstić information content (AvgIpc) is 2.79. The standard InChI is InChI=1S/C22H23FN6O2/c1-15(31-18-5-2-4-17(23)12-18)21(30)29-10-6-16(7-11-29)19-13-24-14-20(27-19)28-22-25-8-3-9-26-22/h2-5,8-9,12-16H,6-7,10-11H2,1H3,(H,25,26,27,28). The molecule has 1 aliphatic rings. The molecule has 3 heterocycles. The lowest BCUT2D eigenvalue weighted by molar-refractivity contribution is -0.139. The molecule has 1 aromatic carbocycles. The van der Waals surface area contributed by atoms with E-state index in [4.69, 9.17) is 4.74 Å². The molecule has 0 aliphatic carbocycles. The summed E-state index contributed by atoms with van der Waals surface area (Å²) in [5.41, 5.74) is 0.872. The number of hydrogen-bond donors (Lipinski definition) is 1. The van der Waals surface area contributed by atoms with Crippen LogP contribution in [0.4, 0.5) is 16.2 Å². The van der Waals surface area contributed by atoms with E-state index in [-0.39, 0.29) is 11.8 Å². The lowest BCUT2D eigenvalue weighted by Crippen LogP contribution is -2.44. The van der Waals surface area contributed by atoms with Crippen molar-refractivity contribution in [3.8, 4) is 5.75 Å². The van der Waals surface area contributed by atoms with E-state index in [1.807, 2.05) is 0 Å². The molecule has 1 N–H and O–H groups in total. The lowest BCUT2D eigenvalue weighted by atomic mass is 9.93. The number of nitrogens with zero attached hydrogens (tertiary/aromatic N) is 5. The average molecular weight is 422 g/mol. The van der Waals surface area contributed by atoms with Crippen molar-refractivity contribution in [2.45, 2.75) is 31.8 Å². The van der Waals surface area contributed by atoms with Crippen molar-refractivity contribution >= 4 is 17.7 Å². The molecule has 160 valence electrons. The number of hydrogen-bond acceptors (Lipinski definition) is 7. The molecule has 1 saturated heterocycles. The third kappa shape index (κ3) is 5.30. The van der Waals surface area contributed by atoms with E-state index in [0.717, 1.165) is 18.5 Å². The van der Waals surface area contributed by atoms with Gasteiger partial charge in [-0.05, 0) is 38.0 Å². The van der Waals surface area contributed by atoms with Gasteiger partial charge >= 0.3 is 0 Å². The third-order valence-electron chi connectivity index (χ3n) is 5.14. The van der Waals surface area contributed by atoms with Crippen molar-refractivity contribution in [2.24, 2.45) is 0 Å². The molecule has 1 atom stereocenters. The van der Waals surface area contributed by atoms with Crippen molar-refractivity contribution in [1.29, 1.82) is 0 Å². The van der Waals surface area contributed by atoms with Gasteiger partial charge in [-0.15, -0.1) is 0 Å². The minimum atomic E-state index is -0.684. The maximum absolute atomic E-state index is 13.3. The molecule has 1 fully saturated rings. The van der Waals surface area contributed by atoms with Crippen LogP contribution in [0.2, 0.25) is 0 Å². The number of piperidine rings is 1. The van der Waals surface area contributed by atoms with Crippen LogP contribution in [0.1, 0.15) is 31.4 Å². The minimum absolute atomic E-state index is 0.106. The molecule has 1 aliphatic heterocycles. The highest BCUT2D eigenvalue weighted by atomic mass is 19.1. The monoisotopic (exact) mass is 422 g/mol. The molecule has 3 aromatic rings. The molecular weight excluding hydrogens is 399 g/mol. The Hall–Kier alpha value is -3.62. The summed E-state index contributed by atoms with van der Waals surface area (Å²) in [5.74, 6) is 1.09. The summed E-state index contributed by atoms with van der Waals surface area (Å²) < 4.78 is 19.0. The number of aromatic nitrogens is 4. The fraction of sp³-hybridized carbons (Fsp3) is 0.318. The molecule has 0 bridgehead atoms. The summed E-state index contributed by atoms with van der Waals surface area (Å²) in [6, 6.07) is 7.55. The van der Waals surface area contributed by atoms with Crippen molar-refractivity contribution < 1.29 is 13.9 Å². The van der Waals surface area contributed by atoms with E-state index >= 15 is 0 Å². The van der Waals surface area contributed by atoms with Crippen LogP contribution >= 0.6 is 0 Å². The summed E-state index contributed by atoms with van der Waals surface area (Å²) in [5, 5.41) is 3.05. The SMILES string of the molecule is CC(Oc1cccc(F)c1)C(=O)N1CCC(c2cncc(Nc3ncccn3)n2)CC1. The number of benzene rings is 1. The normalized spacial score (nSPS) is 15.4. The highest BCUT2D eigenvalue weighted by molar-refractivity contribution is 5.81. The zero-order chi connectivity index (χ0) is 21.6. The van der Waals surface area contributed by atoms with E-state index < -0.39 is 11.9 Å². The summed E-state index contributed by atoms with van der Waals surface area (Å²) in [6.07, 6.45) is 7.56. The Morgan fingerprint density at radius 2 is 1.97 bits per heavy atom. The van der Waals surface area contributed by atoms with Crippen LogP contribution in [-0.4, -0.2) is 49.9 Å². The fourth-order valence-electron chi connectivity index (χ4n) is 3.56. The number of carbonyl (C=O) groups is 1. The van der Waals surface area contributed by atoms with Gasteiger partial charge in [-0.2, -0.15) is 0 Å². The second kappa shape index (κ2) is 9.46. The summed E-state index contributed by atoms with van der Waals surface area (Å²) in [7, 11) is 0. The number of anilines is 2. The summed E-state index contributed by atoms with van der Waals surface area (Å²) in [4.78, 5) is 31.7. The van der Waals surface area contributed by atoms with Crippen LogP contribution in [0.25, 0.3) is 0 Å². The Morgan fingerprint density at radius 1 is 1.19 bits per heavy atom. The van der Waals surface area contributed by atoms with Gasteiger partial charge in [0.05, 0.1) is 11.9 Å². The first kappa shape index (κ1) is 20.6. The molecule has 2 aromatic heterocycles. The molecule has 4 rings (SSSR count). The second-order valence-electron chi connectivity index (χ2n) is 7.34. The molecule has 0 radical (unpaired) electrons. The van der Waals surface area contributed by atoms with Crippen LogP contribution in [0.3, 0.4) is 0 Å². The van der Waals surface area contributed by atoms with Gasteiger partial charge in [-0.25, -0.2) is 19.3 Å². The van der Waals surface area contributed by atoms with Gasteiger partial charge in [0.25, 0.3) is 5.91 Å². The predicted molar refractivity (Wildman–Crippen MR) is 112 cm³/mol. The van der Waals surface area contributed by atoms with Gasteiger partial charge in [0.2, 0.25) is 5.95 Å². The number of rotatable bonds is 6. The number of nitrogens with one attached hydrogen (secondary N) is 1.